The van der Waals surface area contributed by atoms with Gasteiger partial charge in [0.1, 0.15) is 0 Å². The summed E-state index contributed by atoms with van der Waals surface area (Å²) in [4.78, 5) is 7.14. The Labute approximate surface area is 111 Å². The van der Waals surface area contributed by atoms with E-state index in [0.717, 1.165) is 17.8 Å². The summed E-state index contributed by atoms with van der Waals surface area (Å²) < 4.78 is 1.92. The molecule has 0 atom stereocenters. The maximum atomic E-state index is 4.33. The molecule has 3 rings (SSSR count). The summed E-state index contributed by atoms with van der Waals surface area (Å²) in [5.74, 6) is 0. The topological polar surface area (TPSA) is 46.5 Å². The van der Waals surface area contributed by atoms with E-state index in [2.05, 4.69) is 27.2 Å². The minimum Gasteiger partial charge on any atom is -0.351 e. The number of nitrogens with zero attached hydrogens (tertiary/aromatic N) is 3. The monoisotopic (exact) mass is 260 g/mol. The average Bonchev–Trinajstić information content (AvgIpc) is 3.00. The predicted octanol–water partition coefficient (Wildman–Crippen LogP) is 2.74. The number of hydrogen-bond donors (Lipinski definition) is 1. The molecule has 0 aliphatic rings. The molecule has 0 aliphatic heterocycles. The molecule has 5 heteroatoms. The maximum absolute atomic E-state index is 4.33. The van der Waals surface area contributed by atoms with Gasteiger partial charge in [-0.3, -0.25) is 4.68 Å². The Morgan fingerprint density at radius 2 is 2.00 bits per heavy atom. The van der Waals surface area contributed by atoms with Crippen LogP contribution in [0.5, 0.6) is 0 Å². The van der Waals surface area contributed by atoms with Crippen molar-refractivity contribution < 1.29 is 0 Å². The molecule has 18 heavy (non-hydrogen) atoms. The summed E-state index contributed by atoms with van der Waals surface area (Å²) >= 11 is 0. The van der Waals surface area contributed by atoms with Crippen molar-refractivity contribution in [1.29, 1.82) is 0 Å². The van der Waals surface area contributed by atoms with Crippen molar-refractivity contribution in [2.75, 3.05) is 0 Å². The van der Waals surface area contributed by atoms with Gasteiger partial charge in [0.2, 0.25) is 0 Å². The number of hydrogen-bond acceptors (Lipinski definition) is 2. The lowest BCUT2D eigenvalue weighted by molar-refractivity contribution is 0.687. The first kappa shape index (κ1) is 12.4. The summed E-state index contributed by atoms with van der Waals surface area (Å²) in [6.07, 6.45) is 7.37. The van der Waals surface area contributed by atoms with E-state index in [-0.39, 0.29) is 12.4 Å². The van der Waals surface area contributed by atoms with E-state index in [4.69, 9.17) is 0 Å². The molecule has 92 valence electrons. The van der Waals surface area contributed by atoms with Gasteiger partial charge in [0.05, 0.1) is 24.8 Å². The standard InChI is InChI=1S/C13H12N4.ClH/c1-2-4-11(5-3-1)8-17-9-12(6-16-17)13-7-14-10-15-13;/h1-7,9-10H,8H2,(H,14,15);1H. The molecule has 2 heterocycles. The van der Waals surface area contributed by atoms with Crippen molar-refractivity contribution in [3.05, 3.63) is 60.8 Å². The Morgan fingerprint density at radius 3 is 2.72 bits per heavy atom. The van der Waals surface area contributed by atoms with Crippen LogP contribution in [0.4, 0.5) is 0 Å². The second kappa shape index (κ2) is 5.51. The summed E-state index contributed by atoms with van der Waals surface area (Å²) in [5.41, 5.74) is 3.19. The van der Waals surface area contributed by atoms with Gasteiger partial charge in [-0.15, -0.1) is 12.4 Å². The van der Waals surface area contributed by atoms with E-state index < -0.39 is 0 Å². The lowest BCUT2D eigenvalue weighted by atomic mass is 10.2. The van der Waals surface area contributed by atoms with Crippen molar-refractivity contribution in [2.24, 2.45) is 0 Å². The van der Waals surface area contributed by atoms with Gasteiger partial charge < -0.3 is 4.98 Å². The van der Waals surface area contributed by atoms with E-state index in [0.29, 0.717) is 0 Å². The Bertz CT molecular complexity index is 587. The molecule has 1 aromatic carbocycles. The molecule has 1 N–H and O–H groups in total. The number of aromatic nitrogens is 4. The van der Waals surface area contributed by atoms with Crippen molar-refractivity contribution in [1.82, 2.24) is 19.7 Å². The number of imidazole rings is 1. The molecule has 0 saturated heterocycles. The molecule has 0 spiro atoms. The Balaban J connectivity index is 0.00000120. The van der Waals surface area contributed by atoms with Crippen LogP contribution in [-0.2, 0) is 6.54 Å². The highest BCUT2D eigenvalue weighted by molar-refractivity contribution is 5.85. The van der Waals surface area contributed by atoms with Crippen molar-refractivity contribution in [3.8, 4) is 11.3 Å². The quantitative estimate of drug-likeness (QED) is 0.787. The van der Waals surface area contributed by atoms with Crippen molar-refractivity contribution in [3.63, 3.8) is 0 Å². The summed E-state index contributed by atoms with van der Waals surface area (Å²) in [6.45, 7) is 0.783. The van der Waals surface area contributed by atoms with Gasteiger partial charge in [-0.05, 0) is 5.56 Å². The first-order valence-electron chi connectivity index (χ1n) is 5.47. The number of H-pyrrole nitrogens is 1. The fourth-order valence-corrected chi connectivity index (χ4v) is 1.77. The highest BCUT2D eigenvalue weighted by Crippen LogP contribution is 2.14. The van der Waals surface area contributed by atoms with Gasteiger partial charge in [-0.2, -0.15) is 5.10 Å². The van der Waals surface area contributed by atoms with Crippen LogP contribution >= 0.6 is 12.4 Å². The molecule has 4 nitrogen and oxygen atoms in total. The first-order valence-corrected chi connectivity index (χ1v) is 5.47. The average molecular weight is 261 g/mol. The van der Waals surface area contributed by atoms with Crippen molar-refractivity contribution in [2.45, 2.75) is 6.54 Å². The maximum Gasteiger partial charge on any atom is 0.0927 e. The van der Waals surface area contributed by atoms with Crippen LogP contribution in [0.1, 0.15) is 5.56 Å². The van der Waals surface area contributed by atoms with E-state index in [1.807, 2.05) is 41.5 Å². The van der Waals surface area contributed by atoms with Crippen LogP contribution in [0.15, 0.2) is 55.2 Å². The van der Waals surface area contributed by atoms with Crippen LogP contribution < -0.4 is 0 Å². The van der Waals surface area contributed by atoms with Crippen LogP contribution in [0.2, 0.25) is 0 Å². The third-order valence-corrected chi connectivity index (χ3v) is 2.61. The molecule has 0 amide bonds. The molecule has 0 fully saturated rings. The van der Waals surface area contributed by atoms with Gasteiger partial charge in [0, 0.05) is 18.0 Å². The Hall–Kier alpha value is -2.07. The summed E-state index contributed by atoms with van der Waals surface area (Å²) in [6, 6.07) is 10.3. The Kier molecular flexibility index (Phi) is 3.79. The fraction of sp³-hybridized carbons (Fsp3) is 0.0769. The molecule has 0 bridgehead atoms. The zero-order chi connectivity index (χ0) is 11.5. The number of aromatic amines is 1. The van der Waals surface area contributed by atoms with E-state index in [1.54, 1.807) is 6.33 Å². The zero-order valence-electron chi connectivity index (χ0n) is 9.65. The van der Waals surface area contributed by atoms with Crippen LogP contribution in [0.25, 0.3) is 11.3 Å². The molecular weight excluding hydrogens is 248 g/mol. The zero-order valence-corrected chi connectivity index (χ0v) is 10.5. The van der Waals surface area contributed by atoms with Crippen molar-refractivity contribution >= 4 is 12.4 Å². The molecule has 2 aromatic heterocycles. The third-order valence-electron chi connectivity index (χ3n) is 2.61. The summed E-state index contributed by atoms with van der Waals surface area (Å²) in [5, 5.41) is 4.33. The van der Waals surface area contributed by atoms with E-state index >= 15 is 0 Å². The van der Waals surface area contributed by atoms with Gasteiger partial charge >= 0.3 is 0 Å². The normalized spacial score (nSPS) is 10.0. The smallest absolute Gasteiger partial charge is 0.0927 e. The highest BCUT2D eigenvalue weighted by atomic mass is 35.5. The summed E-state index contributed by atoms with van der Waals surface area (Å²) in [7, 11) is 0. The minimum absolute atomic E-state index is 0. The number of nitrogens with one attached hydrogen (secondary N) is 1. The van der Waals surface area contributed by atoms with E-state index in [9.17, 15) is 0 Å². The molecule has 0 aliphatic carbocycles. The predicted molar refractivity (Wildman–Crippen MR) is 72.6 cm³/mol. The van der Waals surface area contributed by atoms with Gasteiger partial charge in [0.15, 0.2) is 0 Å². The number of halogens is 1. The van der Waals surface area contributed by atoms with E-state index in [1.165, 1.54) is 5.56 Å². The third kappa shape index (κ3) is 2.60. The van der Waals surface area contributed by atoms with Gasteiger partial charge in [-0.25, -0.2) is 4.98 Å². The number of benzene rings is 1. The highest BCUT2D eigenvalue weighted by Gasteiger charge is 2.03. The SMILES string of the molecule is Cl.c1ccc(Cn2cc(-c3c[nH]cn3)cn2)cc1. The minimum atomic E-state index is 0. The van der Waals surface area contributed by atoms with Crippen LogP contribution in [-0.4, -0.2) is 19.7 Å². The second-order valence-corrected chi connectivity index (χ2v) is 3.87. The molecular formula is C13H13ClN4. The van der Waals surface area contributed by atoms with Gasteiger partial charge in [-0.1, -0.05) is 30.3 Å². The first-order chi connectivity index (χ1) is 8.42. The lowest BCUT2D eigenvalue weighted by Gasteiger charge is -2.00. The second-order valence-electron chi connectivity index (χ2n) is 3.87. The molecule has 0 unspecified atom stereocenters. The lowest BCUT2D eigenvalue weighted by Crippen LogP contribution is -1.99. The van der Waals surface area contributed by atoms with Crippen LogP contribution in [0, 0.1) is 0 Å². The number of rotatable bonds is 3. The molecule has 0 saturated carbocycles. The van der Waals surface area contributed by atoms with Crippen LogP contribution in [0.3, 0.4) is 0 Å². The fourth-order valence-electron chi connectivity index (χ4n) is 1.77. The molecule has 0 radical (unpaired) electrons. The van der Waals surface area contributed by atoms with Gasteiger partial charge in [0.25, 0.3) is 0 Å². The largest absolute Gasteiger partial charge is 0.351 e. The molecule has 3 aromatic rings. The Morgan fingerprint density at radius 1 is 1.17 bits per heavy atom.